The van der Waals surface area contributed by atoms with Crippen molar-refractivity contribution in [3.63, 3.8) is 0 Å². The first-order valence-electron chi connectivity index (χ1n) is 9.44. The number of fused-ring (bicyclic) bond motifs is 1. The summed E-state index contributed by atoms with van der Waals surface area (Å²) >= 11 is 0. The lowest BCUT2D eigenvalue weighted by molar-refractivity contribution is 0.170. The Morgan fingerprint density at radius 3 is 2.78 bits per heavy atom. The highest BCUT2D eigenvalue weighted by Gasteiger charge is 2.22. The van der Waals surface area contributed by atoms with Crippen LogP contribution in [0.15, 0.2) is 36.5 Å². The second-order valence-electron chi connectivity index (χ2n) is 7.36. The van der Waals surface area contributed by atoms with Crippen molar-refractivity contribution in [2.24, 2.45) is 0 Å². The fraction of sp³-hybridized carbons (Fsp3) is 0.450. The van der Waals surface area contributed by atoms with E-state index < -0.39 is 6.10 Å². The first-order chi connectivity index (χ1) is 13.1. The van der Waals surface area contributed by atoms with Crippen LogP contribution in [0.25, 0.3) is 10.9 Å². The molecule has 4 rings (SSSR count). The quantitative estimate of drug-likeness (QED) is 0.749. The van der Waals surface area contributed by atoms with Gasteiger partial charge in [0.05, 0.1) is 23.5 Å². The molecule has 3 heterocycles. The number of aliphatic hydroxyl groups is 1. The molecule has 1 aliphatic heterocycles. The van der Waals surface area contributed by atoms with Gasteiger partial charge < -0.3 is 5.11 Å². The molecule has 1 aliphatic rings. The number of nitrogens with zero attached hydrogens (tertiary/aromatic N) is 5. The van der Waals surface area contributed by atoms with Gasteiger partial charge in [-0.05, 0) is 31.9 Å². The van der Waals surface area contributed by atoms with Crippen molar-refractivity contribution < 1.29 is 9.50 Å². The van der Waals surface area contributed by atoms with Crippen LogP contribution in [0.1, 0.15) is 37.2 Å². The molecule has 0 unspecified atom stereocenters. The van der Waals surface area contributed by atoms with Crippen LogP contribution in [0, 0.1) is 5.82 Å². The van der Waals surface area contributed by atoms with E-state index in [0.29, 0.717) is 18.0 Å². The van der Waals surface area contributed by atoms with Crippen LogP contribution in [-0.2, 0) is 13.0 Å². The van der Waals surface area contributed by atoms with Crippen molar-refractivity contribution in [1.82, 2.24) is 24.9 Å². The molecule has 1 aromatic carbocycles. The fourth-order valence-corrected chi connectivity index (χ4v) is 3.70. The smallest absolute Gasteiger partial charge is 0.149 e. The van der Waals surface area contributed by atoms with Crippen molar-refractivity contribution in [3.05, 3.63) is 53.7 Å². The summed E-state index contributed by atoms with van der Waals surface area (Å²) in [6.45, 7) is 4.35. The molecule has 142 valence electrons. The Morgan fingerprint density at radius 2 is 2.00 bits per heavy atom. The van der Waals surface area contributed by atoms with E-state index in [1.54, 1.807) is 13.0 Å². The summed E-state index contributed by atoms with van der Waals surface area (Å²) in [6, 6.07) is 9.29. The molecule has 0 radical (unpaired) electrons. The molecule has 3 aromatic rings. The number of pyridine rings is 1. The molecule has 0 spiro atoms. The maximum absolute atomic E-state index is 14.0. The summed E-state index contributed by atoms with van der Waals surface area (Å²) in [7, 11) is 0. The van der Waals surface area contributed by atoms with Crippen molar-refractivity contribution in [2.45, 2.75) is 44.9 Å². The highest BCUT2D eigenvalue weighted by Crippen LogP contribution is 2.23. The molecule has 27 heavy (non-hydrogen) atoms. The van der Waals surface area contributed by atoms with E-state index in [1.165, 1.54) is 6.07 Å². The molecule has 1 saturated heterocycles. The van der Waals surface area contributed by atoms with Gasteiger partial charge >= 0.3 is 0 Å². The van der Waals surface area contributed by atoms with Gasteiger partial charge in [-0.1, -0.05) is 23.4 Å². The van der Waals surface area contributed by atoms with E-state index in [2.05, 4.69) is 20.2 Å². The molecule has 1 N–H and O–H groups in total. The molecule has 2 aromatic heterocycles. The summed E-state index contributed by atoms with van der Waals surface area (Å²) in [5.41, 5.74) is 2.17. The molecule has 0 amide bonds. The van der Waals surface area contributed by atoms with Gasteiger partial charge in [-0.15, -0.1) is 5.10 Å². The van der Waals surface area contributed by atoms with Crippen molar-refractivity contribution in [3.8, 4) is 0 Å². The molecular weight excluding hydrogens is 345 g/mol. The second-order valence-corrected chi connectivity index (χ2v) is 7.36. The Labute approximate surface area is 157 Å². The highest BCUT2D eigenvalue weighted by molar-refractivity contribution is 5.79. The molecule has 6 nitrogen and oxygen atoms in total. The van der Waals surface area contributed by atoms with Crippen LogP contribution < -0.4 is 0 Å². The second kappa shape index (κ2) is 7.70. The van der Waals surface area contributed by atoms with Crippen LogP contribution in [0.2, 0.25) is 0 Å². The number of hydrogen-bond acceptors (Lipinski definition) is 5. The molecule has 0 bridgehead atoms. The molecular formula is C20H24FN5O. The predicted octanol–water partition coefficient (Wildman–Crippen LogP) is 2.73. The van der Waals surface area contributed by atoms with Crippen molar-refractivity contribution >= 4 is 10.9 Å². The summed E-state index contributed by atoms with van der Waals surface area (Å²) < 4.78 is 15.9. The number of para-hydroxylation sites is 1. The van der Waals surface area contributed by atoms with E-state index >= 15 is 0 Å². The maximum atomic E-state index is 14.0. The normalized spacial score (nSPS) is 17.4. The Morgan fingerprint density at radius 1 is 1.19 bits per heavy atom. The lowest BCUT2D eigenvalue weighted by Gasteiger charge is -2.31. The average molecular weight is 369 g/mol. The van der Waals surface area contributed by atoms with Gasteiger partial charge in [-0.25, -0.2) is 14.1 Å². The number of rotatable bonds is 5. The van der Waals surface area contributed by atoms with Gasteiger partial charge in [0, 0.05) is 37.6 Å². The minimum atomic E-state index is -0.406. The molecule has 7 heteroatoms. The zero-order chi connectivity index (χ0) is 18.8. The Hall–Kier alpha value is -2.38. The number of aromatic nitrogens is 4. The summed E-state index contributed by atoms with van der Waals surface area (Å²) in [5.74, 6) is -0.271. The first-order valence-corrected chi connectivity index (χ1v) is 9.44. The SMILES string of the molecule is C[C@H](O)Cc1cn(C2CCN(Cc3ccc4cccc(F)c4n3)CC2)nn1. The molecule has 0 saturated carbocycles. The standard InChI is InChI=1S/C20H24FN5O/c1-14(27)11-17-13-26(24-23-17)18-7-9-25(10-8-18)12-16-6-5-15-3-2-4-19(21)20(15)22-16/h2-6,13-14,18,27H,7-12H2,1H3/t14-/m0/s1. The van der Waals surface area contributed by atoms with Crippen LogP contribution in [-0.4, -0.2) is 49.2 Å². The van der Waals surface area contributed by atoms with E-state index in [4.69, 9.17) is 0 Å². The maximum Gasteiger partial charge on any atom is 0.149 e. The van der Waals surface area contributed by atoms with E-state index in [0.717, 1.165) is 49.2 Å². The number of hydrogen-bond donors (Lipinski definition) is 1. The number of benzene rings is 1. The lowest BCUT2D eigenvalue weighted by atomic mass is 10.0. The summed E-state index contributed by atoms with van der Waals surface area (Å²) in [6.07, 6.45) is 4.04. The first kappa shape index (κ1) is 18.0. The fourth-order valence-electron chi connectivity index (χ4n) is 3.70. The van der Waals surface area contributed by atoms with Gasteiger partial charge in [0.25, 0.3) is 0 Å². The topological polar surface area (TPSA) is 67.1 Å². The minimum Gasteiger partial charge on any atom is -0.393 e. The zero-order valence-electron chi connectivity index (χ0n) is 15.4. The van der Waals surface area contributed by atoms with Gasteiger partial charge in [0.15, 0.2) is 0 Å². The van der Waals surface area contributed by atoms with Gasteiger partial charge in [0.2, 0.25) is 0 Å². The Kier molecular flexibility index (Phi) is 5.13. The number of piperidine rings is 1. The number of halogens is 1. The van der Waals surface area contributed by atoms with E-state index in [1.807, 2.05) is 29.1 Å². The lowest BCUT2D eigenvalue weighted by Crippen LogP contribution is -2.34. The van der Waals surface area contributed by atoms with Gasteiger partial charge in [-0.3, -0.25) is 4.90 Å². The van der Waals surface area contributed by atoms with Gasteiger partial charge in [0.1, 0.15) is 11.3 Å². The third-order valence-electron chi connectivity index (χ3n) is 5.11. The minimum absolute atomic E-state index is 0.271. The van der Waals surface area contributed by atoms with Crippen molar-refractivity contribution in [1.29, 1.82) is 0 Å². The number of aliphatic hydroxyl groups excluding tert-OH is 1. The van der Waals surface area contributed by atoms with E-state index in [-0.39, 0.29) is 5.82 Å². The Bertz CT molecular complexity index is 918. The van der Waals surface area contributed by atoms with Crippen LogP contribution in [0.3, 0.4) is 0 Å². The van der Waals surface area contributed by atoms with Crippen molar-refractivity contribution in [2.75, 3.05) is 13.1 Å². The van der Waals surface area contributed by atoms with Gasteiger partial charge in [-0.2, -0.15) is 0 Å². The Balaban J connectivity index is 1.37. The van der Waals surface area contributed by atoms with E-state index in [9.17, 15) is 9.50 Å². The summed E-state index contributed by atoms with van der Waals surface area (Å²) in [4.78, 5) is 6.86. The monoisotopic (exact) mass is 369 g/mol. The zero-order valence-corrected chi connectivity index (χ0v) is 15.4. The van der Waals surface area contributed by atoms with Crippen LogP contribution in [0.5, 0.6) is 0 Å². The molecule has 1 atom stereocenters. The third-order valence-corrected chi connectivity index (χ3v) is 5.11. The third kappa shape index (κ3) is 4.14. The predicted molar refractivity (Wildman–Crippen MR) is 101 cm³/mol. The molecule has 1 fully saturated rings. The average Bonchev–Trinajstić information content (AvgIpc) is 3.11. The highest BCUT2D eigenvalue weighted by atomic mass is 19.1. The summed E-state index contributed by atoms with van der Waals surface area (Å²) in [5, 5.41) is 18.7. The molecule has 0 aliphatic carbocycles. The largest absolute Gasteiger partial charge is 0.393 e. The van der Waals surface area contributed by atoms with Crippen LogP contribution >= 0.6 is 0 Å². The number of likely N-dealkylation sites (tertiary alicyclic amines) is 1. The van der Waals surface area contributed by atoms with Crippen LogP contribution in [0.4, 0.5) is 4.39 Å².